The third kappa shape index (κ3) is 1.33. The molecule has 2 nitrogen and oxygen atoms in total. The number of aryl methyl sites for hydroxylation is 1. The molecule has 1 heterocycles. The molecule has 66 valence electrons. The van der Waals surface area contributed by atoms with Crippen LogP contribution in [0.15, 0.2) is 24.4 Å². The van der Waals surface area contributed by atoms with E-state index in [1.807, 2.05) is 13.0 Å². The van der Waals surface area contributed by atoms with Gasteiger partial charge < -0.3 is 5.11 Å². The number of nitrogens with zero attached hydrogens (tertiary/aromatic N) is 1. The van der Waals surface area contributed by atoms with E-state index >= 15 is 0 Å². The molecule has 0 fully saturated rings. The Morgan fingerprint density at radius 2 is 2.15 bits per heavy atom. The normalized spacial score (nSPS) is 10.6. The van der Waals surface area contributed by atoms with E-state index in [0.29, 0.717) is 5.02 Å². The summed E-state index contributed by atoms with van der Waals surface area (Å²) in [6.07, 6.45) is 1.70. The molecule has 1 aromatic carbocycles. The van der Waals surface area contributed by atoms with Crippen LogP contribution in [0, 0.1) is 6.92 Å². The van der Waals surface area contributed by atoms with E-state index in [9.17, 15) is 5.11 Å². The highest BCUT2D eigenvalue weighted by Crippen LogP contribution is 2.29. The standard InChI is InChI=1S/C10H8ClNO/c1-6-2-3-12-9-5-7(13)4-8(11)10(6)9/h2-5,13H,1H3. The molecular weight excluding hydrogens is 186 g/mol. The Kier molecular flexibility index (Phi) is 1.85. The first-order valence-electron chi connectivity index (χ1n) is 3.92. The highest BCUT2D eigenvalue weighted by molar-refractivity contribution is 6.35. The average Bonchev–Trinajstić information content (AvgIpc) is 2.02. The number of phenolic OH excluding ortho intramolecular Hbond substituents is 1. The van der Waals surface area contributed by atoms with Gasteiger partial charge in [-0.25, -0.2) is 0 Å². The number of phenols is 1. The van der Waals surface area contributed by atoms with Crippen LogP contribution < -0.4 is 0 Å². The molecule has 0 unspecified atom stereocenters. The van der Waals surface area contributed by atoms with Gasteiger partial charge in [0, 0.05) is 17.6 Å². The van der Waals surface area contributed by atoms with E-state index < -0.39 is 0 Å². The van der Waals surface area contributed by atoms with Crippen LogP contribution in [0.4, 0.5) is 0 Å². The van der Waals surface area contributed by atoms with Gasteiger partial charge in [0.15, 0.2) is 0 Å². The van der Waals surface area contributed by atoms with Crippen molar-refractivity contribution in [3.05, 3.63) is 35.0 Å². The van der Waals surface area contributed by atoms with Gasteiger partial charge >= 0.3 is 0 Å². The summed E-state index contributed by atoms with van der Waals surface area (Å²) in [7, 11) is 0. The van der Waals surface area contributed by atoms with Crippen molar-refractivity contribution in [3.8, 4) is 5.75 Å². The lowest BCUT2D eigenvalue weighted by Crippen LogP contribution is -1.83. The summed E-state index contributed by atoms with van der Waals surface area (Å²) in [5, 5.41) is 10.7. The summed E-state index contributed by atoms with van der Waals surface area (Å²) in [5.41, 5.74) is 1.79. The zero-order chi connectivity index (χ0) is 9.42. The van der Waals surface area contributed by atoms with Crippen LogP contribution >= 0.6 is 11.6 Å². The Hall–Kier alpha value is -1.28. The predicted octanol–water partition coefficient (Wildman–Crippen LogP) is 2.90. The molecule has 0 saturated carbocycles. The van der Waals surface area contributed by atoms with Gasteiger partial charge in [0.1, 0.15) is 5.75 Å². The maximum Gasteiger partial charge on any atom is 0.119 e. The number of hydrogen-bond acceptors (Lipinski definition) is 2. The number of rotatable bonds is 0. The second-order valence-corrected chi connectivity index (χ2v) is 3.36. The first-order chi connectivity index (χ1) is 6.18. The molecule has 1 N–H and O–H groups in total. The summed E-state index contributed by atoms with van der Waals surface area (Å²) in [5.74, 6) is 0.149. The Labute approximate surface area is 80.8 Å². The molecule has 0 spiro atoms. The Bertz CT molecular complexity index is 468. The Morgan fingerprint density at radius 3 is 2.92 bits per heavy atom. The SMILES string of the molecule is Cc1ccnc2cc(O)cc(Cl)c12. The monoisotopic (exact) mass is 193 g/mol. The maximum absolute atomic E-state index is 9.28. The second-order valence-electron chi connectivity index (χ2n) is 2.95. The zero-order valence-electron chi connectivity index (χ0n) is 7.08. The number of fused-ring (bicyclic) bond motifs is 1. The molecule has 0 saturated heterocycles. The van der Waals surface area contributed by atoms with Crippen molar-refractivity contribution < 1.29 is 5.11 Å². The van der Waals surface area contributed by atoms with E-state index in [1.165, 1.54) is 6.07 Å². The van der Waals surface area contributed by atoms with Crippen molar-refractivity contribution in [3.63, 3.8) is 0 Å². The molecule has 0 aliphatic rings. The largest absolute Gasteiger partial charge is 0.508 e. The van der Waals surface area contributed by atoms with Crippen molar-refractivity contribution >= 4 is 22.5 Å². The van der Waals surface area contributed by atoms with Crippen LogP contribution in [0.25, 0.3) is 10.9 Å². The molecule has 13 heavy (non-hydrogen) atoms. The molecule has 0 amide bonds. The first kappa shape index (κ1) is 8.32. The second kappa shape index (κ2) is 2.89. The molecule has 1 aromatic heterocycles. The molecule has 2 rings (SSSR count). The minimum Gasteiger partial charge on any atom is -0.508 e. The zero-order valence-corrected chi connectivity index (χ0v) is 7.84. The number of hydrogen-bond donors (Lipinski definition) is 1. The lowest BCUT2D eigenvalue weighted by Gasteiger charge is -2.03. The quantitative estimate of drug-likeness (QED) is 0.698. The number of pyridine rings is 1. The van der Waals surface area contributed by atoms with Crippen LogP contribution in [0.3, 0.4) is 0 Å². The van der Waals surface area contributed by atoms with Gasteiger partial charge in [-0.2, -0.15) is 0 Å². The first-order valence-corrected chi connectivity index (χ1v) is 4.30. The third-order valence-corrected chi connectivity index (χ3v) is 2.28. The molecule has 0 bridgehead atoms. The number of aromatic hydroxyl groups is 1. The maximum atomic E-state index is 9.28. The number of halogens is 1. The highest BCUT2D eigenvalue weighted by atomic mass is 35.5. The highest BCUT2D eigenvalue weighted by Gasteiger charge is 2.04. The molecular formula is C10H8ClNO. The van der Waals surface area contributed by atoms with E-state index in [2.05, 4.69) is 4.98 Å². The van der Waals surface area contributed by atoms with Crippen molar-refractivity contribution in [2.75, 3.05) is 0 Å². The number of aromatic nitrogens is 1. The van der Waals surface area contributed by atoms with E-state index in [4.69, 9.17) is 11.6 Å². The number of benzene rings is 1. The third-order valence-electron chi connectivity index (χ3n) is 1.99. The lowest BCUT2D eigenvalue weighted by atomic mass is 10.1. The minimum absolute atomic E-state index is 0.149. The summed E-state index contributed by atoms with van der Waals surface area (Å²) < 4.78 is 0. The van der Waals surface area contributed by atoms with Gasteiger partial charge in [0.2, 0.25) is 0 Å². The summed E-state index contributed by atoms with van der Waals surface area (Å²) in [6.45, 7) is 1.97. The molecule has 0 atom stereocenters. The molecule has 3 heteroatoms. The van der Waals surface area contributed by atoms with Crippen LogP contribution in [-0.4, -0.2) is 10.1 Å². The fraction of sp³-hybridized carbons (Fsp3) is 0.100. The predicted molar refractivity (Wildman–Crippen MR) is 53.2 cm³/mol. The Balaban J connectivity index is 2.94. The summed E-state index contributed by atoms with van der Waals surface area (Å²) in [4.78, 5) is 4.12. The van der Waals surface area contributed by atoms with Gasteiger partial charge in [-0.15, -0.1) is 0 Å². The summed E-state index contributed by atoms with van der Waals surface area (Å²) in [6, 6.07) is 5.03. The van der Waals surface area contributed by atoms with E-state index in [0.717, 1.165) is 16.5 Å². The molecule has 0 radical (unpaired) electrons. The van der Waals surface area contributed by atoms with Crippen molar-refractivity contribution in [1.82, 2.24) is 4.98 Å². The van der Waals surface area contributed by atoms with Crippen LogP contribution in [0.2, 0.25) is 5.02 Å². The van der Waals surface area contributed by atoms with Crippen LogP contribution in [0.1, 0.15) is 5.56 Å². The van der Waals surface area contributed by atoms with Crippen molar-refractivity contribution in [2.45, 2.75) is 6.92 Å². The van der Waals surface area contributed by atoms with Gasteiger partial charge in [-0.1, -0.05) is 11.6 Å². The smallest absolute Gasteiger partial charge is 0.119 e. The van der Waals surface area contributed by atoms with Crippen LogP contribution in [-0.2, 0) is 0 Å². The molecule has 0 aliphatic carbocycles. The van der Waals surface area contributed by atoms with Gasteiger partial charge in [-0.05, 0) is 24.6 Å². The van der Waals surface area contributed by atoms with E-state index in [-0.39, 0.29) is 5.75 Å². The molecule has 2 aromatic rings. The summed E-state index contributed by atoms with van der Waals surface area (Å²) >= 11 is 5.97. The minimum atomic E-state index is 0.149. The lowest BCUT2D eigenvalue weighted by molar-refractivity contribution is 0.476. The van der Waals surface area contributed by atoms with Gasteiger partial charge in [0.25, 0.3) is 0 Å². The fourth-order valence-electron chi connectivity index (χ4n) is 1.38. The van der Waals surface area contributed by atoms with Gasteiger partial charge in [-0.3, -0.25) is 4.98 Å². The Morgan fingerprint density at radius 1 is 1.38 bits per heavy atom. The fourth-order valence-corrected chi connectivity index (χ4v) is 1.74. The van der Waals surface area contributed by atoms with Crippen molar-refractivity contribution in [2.24, 2.45) is 0 Å². The van der Waals surface area contributed by atoms with Crippen LogP contribution in [0.5, 0.6) is 5.75 Å². The average molecular weight is 194 g/mol. The molecule has 0 aliphatic heterocycles. The van der Waals surface area contributed by atoms with E-state index in [1.54, 1.807) is 12.3 Å². The van der Waals surface area contributed by atoms with Crippen molar-refractivity contribution in [1.29, 1.82) is 0 Å². The topological polar surface area (TPSA) is 33.1 Å². The van der Waals surface area contributed by atoms with Gasteiger partial charge in [0.05, 0.1) is 10.5 Å².